The average molecular weight is 364 g/mol. The molecule has 2 aromatic carbocycles. The van der Waals surface area contributed by atoms with Gasteiger partial charge in [-0.15, -0.1) is 0 Å². The lowest BCUT2D eigenvalue weighted by Gasteiger charge is -2.22. The summed E-state index contributed by atoms with van der Waals surface area (Å²) in [7, 11) is 0. The Morgan fingerprint density at radius 3 is 2.50 bits per heavy atom. The number of amides is 1. The first-order valence-corrected chi connectivity index (χ1v) is 8.12. The SMILES string of the molecule is CCC(C)C(=O)NC(c1ccccc1)c1ccc(Br)cc1F. The number of benzene rings is 2. The van der Waals surface area contributed by atoms with Gasteiger partial charge >= 0.3 is 0 Å². The Morgan fingerprint density at radius 2 is 1.91 bits per heavy atom. The zero-order chi connectivity index (χ0) is 16.1. The minimum atomic E-state index is -0.490. The summed E-state index contributed by atoms with van der Waals surface area (Å²) in [4.78, 5) is 12.3. The smallest absolute Gasteiger partial charge is 0.223 e. The zero-order valence-corrected chi connectivity index (χ0v) is 14.2. The normalized spacial score (nSPS) is 13.5. The van der Waals surface area contributed by atoms with Crippen molar-refractivity contribution in [1.29, 1.82) is 0 Å². The van der Waals surface area contributed by atoms with E-state index in [1.165, 1.54) is 6.07 Å². The highest BCUT2D eigenvalue weighted by Gasteiger charge is 2.22. The van der Waals surface area contributed by atoms with Gasteiger partial charge in [-0.05, 0) is 24.1 Å². The van der Waals surface area contributed by atoms with Gasteiger partial charge in [-0.2, -0.15) is 0 Å². The first-order chi connectivity index (χ1) is 10.5. The van der Waals surface area contributed by atoms with Crippen LogP contribution in [0.15, 0.2) is 53.0 Å². The Bertz CT molecular complexity index is 645. The van der Waals surface area contributed by atoms with E-state index in [1.54, 1.807) is 12.1 Å². The third-order valence-electron chi connectivity index (χ3n) is 3.75. The number of carbonyl (C=O) groups is 1. The van der Waals surface area contributed by atoms with Crippen molar-refractivity contribution < 1.29 is 9.18 Å². The molecule has 4 heteroatoms. The van der Waals surface area contributed by atoms with Crippen molar-refractivity contribution in [3.63, 3.8) is 0 Å². The molecule has 0 aliphatic heterocycles. The molecule has 0 aliphatic carbocycles. The van der Waals surface area contributed by atoms with Crippen LogP contribution in [-0.2, 0) is 4.79 Å². The first kappa shape index (κ1) is 16.7. The molecule has 22 heavy (non-hydrogen) atoms. The minimum Gasteiger partial charge on any atom is -0.345 e. The minimum absolute atomic E-state index is 0.0707. The molecule has 2 rings (SSSR count). The van der Waals surface area contributed by atoms with Crippen molar-refractivity contribution in [2.75, 3.05) is 0 Å². The van der Waals surface area contributed by atoms with E-state index < -0.39 is 6.04 Å². The van der Waals surface area contributed by atoms with E-state index in [0.717, 1.165) is 12.0 Å². The Morgan fingerprint density at radius 1 is 1.23 bits per heavy atom. The van der Waals surface area contributed by atoms with Crippen molar-refractivity contribution in [3.05, 3.63) is 69.9 Å². The lowest BCUT2D eigenvalue weighted by atomic mass is 9.97. The van der Waals surface area contributed by atoms with Crippen LogP contribution in [0.1, 0.15) is 37.4 Å². The largest absolute Gasteiger partial charge is 0.345 e. The number of carbonyl (C=O) groups excluding carboxylic acids is 1. The Hall–Kier alpha value is -1.68. The van der Waals surface area contributed by atoms with Crippen molar-refractivity contribution in [1.82, 2.24) is 5.32 Å². The third-order valence-corrected chi connectivity index (χ3v) is 4.25. The Labute approximate surface area is 138 Å². The number of rotatable bonds is 5. The molecule has 2 atom stereocenters. The topological polar surface area (TPSA) is 29.1 Å². The second kappa shape index (κ2) is 7.54. The van der Waals surface area contributed by atoms with Crippen molar-refractivity contribution >= 4 is 21.8 Å². The molecular formula is C18H19BrFNO. The summed E-state index contributed by atoms with van der Waals surface area (Å²) in [5.74, 6) is -0.518. The third kappa shape index (κ3) is 3.95. The molecule has 2 nitrogen and oxygen atoms in total. The van der Waals surface area contributed by atoms with Gasteiger partial charge in [0.25, 0.3) is 0 Å². The van der Waals surface area contributed by atoms with Crippen LogP contribution in [0.3, 0.4) is 0 Å². The van der Waals surface area contributed by atoms with E-state index in [-0.39, 0.29) is 17.6 Å². The summed E-state index contributed by atoms with van der Waals surface area (Å²) in [6.45, 7) is 3.83. The highest BCUT2D eigenvalue weighted by atomic mass is 79.9. The molecular weight excluding hydrogens is 345 g/mol. The van der Waals surface area contributed by atoms with Gasteiger partial charge in [-0.3, -0.25) is 4.79 Å². The summed E-state index contributed by atoms with van der Waals surface area (Å²) in [6, 6.07) is 13.9. The monoisotopic (exact) mass is 363 g/mol. The maximum absolute atomic E-state index is 14.3. The fourth-order valence-electron chi connectivity index (χ4n) is 2.19. The predicted octanol–water partition coefficient (Wildman–Crippen LogP) is 4.84. The first-order valence-electron chi connectivity index (χ1n) is 7.33. The highest BCUT2D eigenvalue weighted by Crippen LogP contribution is 2.27. The molecule has 2 aromatic rings. The number of nitrogens with one attached hydrogen (secondary N) is 1. The van der Waals surface area contributed by atoms with Crippen LogP contribution in [0, 0.1) is 11.7 Å². The molecule has 0 bridgehead atoms. The summed E-state index contributed by atoms with van der Waals surface area (Å²) in [5.41, 5.74) is 1.33. The highest BCUT2D eigenvalue weighted by molar-refractivity contribution is 9.10. The fourth-order valence-corrected chi connectivity index (χ4v) is 2.52. The molecule has 116 valence electrons. The van der Waals surface area contributed by atoms with Crippen LogP contribution in [0.25, 0.3) is 0 Å². The van der Waals surface area contributed by atoms with E-state index in [2.05, 4.69) is 21.2 Å². The molecule has 0 aromatic heterocycles. The zero-order valence-electron chi connectivity index (χ0n) is 12.6. The summed E-state index contributed by atoms with van der Waals surface area (Å²) in [5, 5.41) is 2.97. The summed E-state index contributed by atoms with van der Waals surface area (Å²) < 4.78 is 15.0. The molecule has 0 spiro atoms. The molecule has 0 fully saturated rings. The maximum atomic E-state index is 14.3. The molecule has 1 N–H and O–H groups in total. The van der Waals surface area contributed by atoms with Crippen LogP contribution in [0.5, 0.6) is 0 Å². The van der Waals surface area contributed by atoms with Gasteiger partial charge in [0.2, 0.25) is 5.91 Å². The Kier molecular flexibility index (Phi) is 5.72. The second-order valence-corrected chi connectivity index (χ2v) is 6.24. The number of hydrogen-bond acceptors (Lipinski definition) is 1. The van der Waals surface area contributed by atoms with Gasteiger partial charge in [0.15, 0.2) is 0 Å². The number of halogens is 2. The second-order valence-electron chi connectivity index (χ2n) is 5.33. The number of hydrogen-bond donors (Lipinski definition) is 1. The fraction of sp³-hybridized carbons (Fsp3) is 0.278. The van der Waals surface area contributed by atoms with Crippen LogP contribution in [0.2, 0.25) is 0 Å². The van der Waals surface area contributed by atoms with Gasteiger partial charge in [0.05, 0.1) is 6.04 Å². The lowest BCUT2D eigenvalue weighted by molar-refractivity contribution is -0.125. The van der Waals surface area contributed by atoms with Gasteiger partial charge in [-0.25, -0.2) is 4.39 Å². The van der Waals surface area contributed by atoms with Crippen LogP contribution < -0.4 is 5.32 Å². The van der Waals surface area contributed by atoms with Gasteiger partial charge < -0.3 is 5.32 Å². The summed E-state index contributed by atoms with van der Waals surface area (Å²) in [6.07, 6.45) is 0.746. The quantitative estimate of drug-likeness (QED) is 0.808. The predicted molar refractivity (Wildman–Crippen MR) is 90.0 cm³/mol. The van der Waals surface area contributed by atoms with E-state index in [9.17, 15) is 9.18 Å². The Balaban J connectivity index is 2.40. The van der Waals surface area contributed by atoms with Crippen molar-refractivity contribution in [2.24, 2.45) is 5.92 Å². The van der Waals surface area contributed by atoms with E-state index in [4.69, 9.17) is 0 Å². The van der Waals surface area contributed by atoms with Crippen LogP contribution >= 0.6 is 15.9 Å². The van der Waals surface area contributed by atoms with Crippen molar-refractivity contribution in [2.45, 2.75) is 26.3 Å². The lowest BCUT2D eigenvalue weighted by Crippen LogP contribution is -2.33. The average Bonchev–Trinajstić information content (AvgIpc) is 2.53. The summed E-state index contributed by atoms with van der Waals surface area (Å²) >= 11 is 3.26. The molecule has 0 aliphatic rings. The molecule has 2 unspecified atom stereocenters. The molecule has 0 saturated carbocycles. The molecule has 1 amide bonds. The molecule has 0 heterocycles. The molecule has 0 saturated heterocycles. The van der Waals surface area contributed by atoms with E-state index in [1.807, 2.05) is 44.2 Å². The van der Waals surface area contributed by atoms with Crippen LogP contribution in [-0.4, -0.2) is 5.91 Å². The standard InChI is InChI=1S/C18H19BrFNO/c1-3-12(2)18(22)21-17(13-7-5-4-6-8-13)15-10-9-14(19)11-16(15)20/h4-12,17H,3H2,1-2H3,(H,21,22). The maximum Gasteiger partial charge on any atom is 0.223 e. The van der Waals surface area contributed by atoms with Gasteiger partial charge in [0, 0.05) is 16.0 Å². The van der Waals surface area contributed by atoms with E-state index >= 15 is 0 Å². The molecule has 0 radical (unpaired) electrons. The van der Waals surface area contributed by atoms with Gasteiger partial charge in [0.1, 0.15) is 5.82 Å². The van der Waals surface area contributed by atoms with Gasteiger partial charge in [-0.1, -0.05) is 66.2 Å². The van der Waals surface area contributed by atoms with Crippen LogP contribution in [0.4, 0.5) is 4.39 Å². The van der Waals surface area contributed by atoms with E-state index in [0.29, 0.717) is 10.0 Å². The van der Waals surface area contributed by atoms with Crippen molar-refractivity contribution in [3.8, 4) is 0 Å².